The van der Waals surface area contributed by atoms with Crippen molar-refractivity contribution in [2.45, 2.75) is 40.0 Å². The SMILES string of the molecule is CCNc1ncc(Br)c(N2CCCC(C)(C)CC2)n1. The van der Waals surface area contributed by atoms with Crippen LogP contribution in [0.1, 0.15) is 40.0 Å². The highest BCUT2D eigenvalue weighted by Gasteiger charge is 2.24. The Morgan fingerprint density at radius 1 is 1.37 bits per heavy atom. The highest BCUT2D eigenvalue weighted by molar-refractivity contribution is 9.10. The van der Waals surface area contributed by atoms with Crippen LogP contribution in [0.5, 0.6) is 0 Å². The lowest BCUT2D eigenvalue weighted by atomic mass is 9.85. The zero-order valence-electron chi connectivity index (χ0n) is 12.0. The number of hydrogen-bond donors (Lipinski definition) is 1. The van der Waals surface area contributed by atoms with Crippen molar-refractivity contribution in [2.75, 3.05) is 29.9 Å². The van der Waals surface area contributed by atoms with E-state index in [1.54, 1.807) is 0 Å². The van der Waals surface area contributed by atoms with Gasteiger partial charge in [0.2, 0.25) is 5.95 Å². The molecule has 4 nitrogen and oxygen atoms in total. The average Bonchev–Trinajstić information content (AvgIpc) is 2.53. The quantitative estimate of drug-likeness (QED) is 0.919. The van der Waals surface area contributed by atoms with Gasteiger partial charge in [-0.2, -0.15) is 4.98 Å². The molecule has 0 atom stereocenters. The van der Waals surface area contributed by atoms with Gasteiger partial charge in [0, 0.05) is 25.8 Å². The number of anilines is 2. The molecule has 1 fully saturated rings. The first kappa shape index (κ1) is 14.6. The Bertz CT molecular complexity index is 433. The van der Waals surface area contributed by atoms with Gasteiger partial charge in [0.15, 0.2) is 0 Å². The fourth-order valence-electron chi connectivity index (χ4n) is 2.46. The van der Waals surface area contributed by atoms with E-state index in [0.717, 1.165) is 29.9 Å². The number of halogens is 1. The van der Waals surface area contributed by atoms with Gasteiger partial charge in [0.1, 0.15) is 5.82 Å². The van der Waals surface area contributed by atoms with E-state index < -0.39 is 0 Å². The molecule has 19 heavy (non-hydrogen) atoms. The molecule has 1 aromatic heterocycles. The van der Waals surface area contributed by atoms with Crippen LogP contribution < -0.4 is 10.2 Å². The molecule has 2 heterocycles. The van der Waals surface area contributed by atoms with Crippen molar-refractivity contribution in [3.05, 3.63) is 10.7 Å². The van der Waals surface area contributed by atoms with Crippen molar-refractivity contribution in [3.8, 4) is 0 Å². The molecule has 106 valence electrons. The van der Waals surface area contributed by atoms with Crippen LogP contribution in [0.3, 0.4) is 0 Å². The summed E-state index contributed by atoms with van der Waals surface area (Å²) in [6, 6.07) is 0. The van der Waals surface area contributed by atoms with Gasteiger partial charge in [-0.15, -0.1) is 0 Å². The number of rotatable bonds is 3. The third kappa shape index (κ3) is 3.81. The van der Waals surface area contributed by atoms with Gasteiger partial charge < -0.3 is 10.2 Å². The Kier molecular flexibility index (Phi) is 4.66. The highest BCUT2D eigenvalue weighted by atomic mass is 79.9. The third-order valence-corrected chi connectivity index (χ3v) is 4.26. The summed E-state index contributed by atoms with van der Waals surface area (Å²) in [6.07, 6.45) is 5.56. The van der Waals surface area contributed by atoms with Crippen molar-refractivity contribution < 1.29 is 0 Å². The van der Waals surface area contributed by atoms with E-state index in [1.165, 1.54) is 19.3 Å². The molecule has 1 aliphatic rings. The molecule has 5 heteroatoms. The Morgan fingerprint density at radius 3 is 2.89 bits per heavy atom. The molecule has 0 radical (unpaired) electrons. The Morgan fingerprint density at radius 2 is 2.16 bits per heavy atom. The van der Waals surface area contributed by atoms with Crippen molar-refractivity contribution in [2.24, 2.45) is 5.41 Å². The van der Waals surface area contributed by atoms with Crippen LogP contribution >= 0.6 is 15.9 Å². The maximum atomic E-state index is 4.63. The van der Waals surface area contributed by atoms with E-state index >= 15 is 0 Å². The molecule has 0 unspecified atom stereocenters. The Balaban J connectivity index is 2.18. The molecule has 0 amide bonds. The minimum absolute atomic E-state index is 0.443. The van der Waals surface area contributed by atoms with Gasteiger partial charge >= 0.3 is 0 Å². The minimum Gasteiger partial charge on any atom is -0.355 e. The lowest BCUT2D eigenvalue weighted by Crippen LogP contribution is -2.26. The van der Waals surface area contributed by atoms with E-state index in [9.17, 15) is 0 Å². The maximum Gasteiger partial charge on any atom is 0.224 e. The predicted molar refractivity (Wildman–Crippen MR) is 83.7 cm³/mol. The lowest BCUT2D eigenvalue weighted by Gasteiger charge is -2.25. The molecule has 0 spiro atoms. The van der Waals surface area contributed by atoms with Crippen LogP contribution in [-0.4, -0.2) is 29.6 Å². The molecule has 1 aliphatic heterocycles. The maximum absolute atomic E-state index is 4.63. The monoisotopic (exact) mass is 326 g/mol. The minimum atomic E-state index is 0.443. The summed E-state index contributed by atoms with van der Waals surface area (Å²) < 4.78 is 0.980. The van der Waals surface area contributed by atoms with Crippen LogP contribution in [0.4, 0.5) is 11.8 Å². The molecule has 0 aliphatic carbocycles. The summed E-state index contributed by atoms with van der Waals surface area (Å²) in [7, 11) is 0. The second-order valence-corrected chi connectivity index (χ2v) is 6.75. The first-order valence-corrected chi connectivity index (χ1v) is 7.82. The number of hydrogen-bond acceptors (Lipinski definition) is 4. The normalized spacial score (nSPS) is 19.1. The fraction of sp³-hybridized carbons (Fsp3) is 0.714. The van der Waals surface area contributed by atoms with Crippen LogP contribution in [0, 0.1) is 5.41 Å². The fourth-order valence-corrected chi connectivity index (χ4v) is 2.90. The summed E-state index contributed by atoms with van der Waals surface area (Å²) in [4.78, 5) is 11.3. The van der Waals surface area contributed by atoms with E-state index in [0.29, 0.717) is 11.4 Å². The summed E-state index contributed by atoms with van der Waals surface area (Å²) >= 11 is 3.58. The second kappa shape index (κ2) is 6.07. The molecule has 0 aromatic carbocycles. The molecule has 1 saturated heterocycles. The van der Waals surface area contributed by atoms with E-state index in [2.05, 4.69) is 56.9 Å². The number of nitrogens with zero attached hydrogens (tertiary/aromatic N) is 3. The van der Waals surface area contributed by atoms with Crippen LogP contribution in [0.25, 0.3) is 0 Å². The van der Waals surface area contributed by atoms with Crippen molar-refractivity contribution in [3.63, 3.8) is 0 Å². The zero-order valence-corrected chi connectivity index (χ0v) is 13.6. The van der Waals surface area contributed by atoms with E-state index in [-0.39, 0.29) is 0 Å². The standard InChI is InChI=1S/C14H23BrN4/c1-4-16-13-17-10-11(15)12(18-13)19-8-5-6-14(2,3)7-9-19/h10H,4-9H2,1-3H3,(H,16,17,18). The summed E-state index contributed by atoms with van der Waals surface area (Å²) in [5.74, 6) is 1.73. The van der Waals surface area contributed by atoms with Gasteiger partial charge in [0.25, 0.3) is 0 Å². The zero-order chi connectivity index (χ0) is 13.9. The molecular formula is C14H23BrN4. The second-order valence-electron chi connectivity index (χ2n) is 5.90. The molecule has 1 aromatic rings. The van der Waals surface area contributed by atoms with Crippen molar-refractivity contribution in [1.82, 2.24) is 9.97 Å². The Labute approximate surface area is 124 Å². The molecule has 0 bridgehead atoms. The highest BCUT2D eigenvalue weighted by Crippen LogP contribution is 2.33. The smallest absolute Gasteiger partial charge is 0.224 e. The Hall–Kier alpha value is -0.840. The van der Waals surface area contributed by atoms with Crippen LogP contribution in [0.15, 0.2) is 10.7 Å². The van der Waals surface area contributed by atoms with Gasteiger partial charge in [0.05, 0.1) is 4.47 Å². The largest absolute Gasteiger partial charge is 0.355 e. The van der Waals surface area contributed by atoms with Gasteiger partial charge in [-0.05, 0) is 47.5 Å². The molecule has 0 saturated carbocycles. The predicted octanol–water partition coefficient (Wildman–Crippen LogP) is 3.69. The van der Waals surface area contributed by atoms with E-state index in [4.69, 9.17) is 0 Å². The van der Waals surface area contributed by atoms with Crippen molar-refractivity contribution in [1.29, 1.82) is 0 Å². The lowest BCUT2D eigenvalue weighted by molar-refractivity contribution is 0.325. The van der Waals surface area contributed by atoms with Crippen LogP contribution in [-0.2, 0) is 0 Å². The van der Waals surface area contributed by atoms with Gasteiger partial charge in [-0.3, -0.25) is 0 Å². The van der Waals surface area contributed by atoms with Gasteiger partial charge in [-0.25, -0.2) is 4.98 Å². The third-order valence-electron chi connectivity index (χ3n) is 3.70. The molecule has 1 N–H and O–H groups in total. The first-order chi connectivity index (χ1) is 9.02. The molecular weight excluding hydrogens is 304 g/mol. The van der Waals surface area contributed by atoms with E-state index in [1.807, 2.05) is 6.20 Å². The van der Waals surface area contributed by atoms with Gasteiger partial charge in [-0.1, -0.05) is 13.8 Å². The summed E-state index contributed by atoms with van der Waals surface area (Å²) in [5, 5.41) is 3.18. The first-order valence-electron chi connectivity index (χ1n) is 7.03. The number of aromatic nitrogens is 2. The summed E-state index contributed by atoms with van der Waals surface area (Å²) in [5.41, 5.74) is 0.443. The van der Waals surface area contributed by atoms with Crippen LogP contribution in [0.2, 0.25) is 0 Å². The number of nitrogens with one attached hydrogen (secondary N) is 1. The van der Waals surface area contributed by atoms with Crippen molar-refractivity contribution >= 4 is 27.7 Å². The summed E-state index contributed by atoms with van der Waals surface area (Å²) in [6.45, 7) is 9.75. The topological polar surface area (TPSA) is 41.1 Å². The average molecular weight is 327 g/mol. The molecule has 2 rings (SSSR count).